The number of carbonyl (C=O) groups is 2. The Morgan fingerprint density at radius 3 is 2.50 bits per heavy atom. The molecule has 3 fully saturated rings. The lowest BCUT2D eigenvalue weighted by Crippen LogP contribution is -2.18. The predicted octanol–water partition coefficient (Wildman–Crippen LogP) is 3.12. The molecule has 1 unspecified atom stereocenters. The molecule has 20 heavy (non-hydrogen) atoms. The fourth-order valence-corrected chi connectivity index (χ4v) is 4.72. The molecule has 0 heterocycles. The highest BCUT2D eigenvalue weighted by Crippen LogP contribution is 2.69. The lowest BCUT2D eigenvalue weighted by Gasteiger charge is -2.10. The van der Waals surface area contributed by atoms with E-state index in [9.17, 15) is 9.59 Å². The van der Waals surface area contributed by atoms with Gasteiger partial charge < -0.3 is 5.32 Å². The van der Waals surface area contributed by atoms with Crippen LogP contribution in [-0.4, -0.2) is 11.7 Å². The largest absolute Gasteiger partial charge is 0.326 e. The Balaban J connectivity index is 1.46. The Labute approximate surface area is 118 Å². The van der Waals surface area contributed by atoms with Crippen molar-refractivity contribution in [3.8, 4) is 0 Å². The highest BCUT2D eigenvalue weighted by molar-refractivity contribution is 5.98. The maximum atomic E-state index is 12.4. The van der Waals surface area contributed by atoms with Crippen molar-refractivity contribution in [2.45, 2.75) is 26.2 Å². The number of benzene rings is 1. The minimum absolute atomic E-state index is 0.0300. The van der Waals surface area contributed by atoms with Crippen LogP contribution in [0.3, 0.4) is 0 Å². The van der Waals surface area contributed by atoms with Gasteiger partial charge in [-0.05, 0) is 62.0 Å². The molecule has 3 aliphatic rings. The number of carbonyl (C=O) groups excluding carboxylic acids is 2. The number of amides is 1. The molecule has 2 bridgehead atoms. The second-order valence-electron chi connectivity index (χ2n) is 6.64. The number of nitrogens with one attached hydrogen (secondary N) is 1. The van der Waals surface area contributed by atoms with Gasteiger partial charge in [0.05, 0.1) is 0 Å². The molecule has 3 aliphatic carbocycles. The predicted molar refractivity (Wildman–Crippen MR) is 76.4 cm³/mol. The van der Waals surface area contributed by atoms with Crippen molar-refractivity contribution < 1.29 is 9.59 Å². The molecular weight excluding hydrogens is 250 g/mol. The fourth-order valence-electron chi connectivity index (χ4n) is 4.72. The molecule has 4 rings (SSSR count). The second-order valence-corrected chi connectivity index (χ2v) is 6.64. The third-order valence-electron chi connectivity index (χ3n) is 5.57. The van der Waals surface area contributed by atoms with Crippen LogP contribution >= 0.6 is 0 Å². The molecule has 0 spiro atoms. The number of ketones is 1. The summed E-state index contributed by atoms with van der Waals surface area (Å²) in [7, 11) is 0. The second kappa shape index (κ2) is 4.18. The first-order chi connectivity index (χ1) is 9.65. The van der Waals surface area contributed by atoms with Gasteiger partial charge in [-0.2, -0.15) is 0 Å². The average molecular weight is 269 g/mol. The van der Waals surface area contributed by atoms with Gasteiger partial charge in [-0.15, -0.1) is 0 Å². The van der Waals surface area contributed by atoms with E-state index in [1.54, 1.807) is 19.1 Å². The zero-order valence-electron chi connectivity index (χ0n) is 11.6. The molecule has 104 valence electrons. The first kappa shape index (κ1) is 12.1. The third kappa shape index (κ3) is 1.72. The fraction of sp³-hybridized carbons (Fsp3) is 0.529. The molecule has 1 aromatic carbocycles. The standard InChI is InChI=1S/C17H19NO2/c1-9(19)10-3-2-4-13(8-10)18-17(20)16-14-11-5-6-12(7-11)15(14)16/h2-4,8,11-12,14-16H,5-7H2,1H3,(H,18,20)/t11-,12+,14-,15-,16?/m0/s1. The summed E-state index contributed by atoms with van der Waals surface area (Å²) >= 11 is 0. The van der Waals surface area contributed by atoms with E-state index < -0.39 is 0 Å². The van der Waals surface area contributed by atoms with Crippen LogP contribution in [-0.2, 0) is 4.79 Å². The molecular formula is C17H19NO2. The zero-order chi connectivity index (χ0) is 13.9. The summed E-state index contributed by atoms with van der Waals surface area (Å²) < 4.78 is 0. The van der Waals surface area contributed by atoms with Gasteiger partial charge in [0.2, 0.25) is 5.91 Å². The van der Waals surface area contributed by atoms with Crippen LogP contribution in [0.25, 0.3) is 0 Å². The van der Waals surface area contributed by atoms with Crippen molar-refractivity contribution in [1.82, 2.24) is 0 Å². The van der Waals surface area contributed by atoms with Crippen LogP contribution in [0, 0.1) is 29.6 Å². The number of fused-ring (bicyclic) bond motifs is 5. The molecule has 0 aliphatic heterocycles. The van der Waals surface area contributed by atoms with Gasteiger partial charge in [-0.1, -0.05) is 12.1 Å². The van der Waals surface area contributed by atoms with E-state index >= 15 is 0 Å². The molecule has 1 aromatic rings. The van der Waals surface area contributed by atoms with Gasteiger partial charge in [0.15, 0.2) is 5.78 Å². The van der Waals surface area contributed by atoms with E-state index in [0.29, 0.717) is 17.4 Å². The lowest BCUT2D eigenvalue weighted by atomic mass is 10.0. The maximum absolute atomic E-state index is 12.4. The van der Waals surface area contributed by atoms with Gasteiger partial charge in [0.1, 0.15) is 0 Å². The number of Topliss-reactive ketones (excluding diaryl/α,β-unsaturated/α-hetero) is 1. The molecule has 0 aromatic heterocycles. The van der Waals surface area contributed by atoms with E-state index in [1.165, 1.54) is 19.3 Å². The summed E-state index contributed by atoms with van der Waals surface area (Å²) in [5.74, 6) is 3.37. The normalized spacial score (nSPS) is 36.5. The Kier molecular flexibility index (Phi) is 2.53. The highest BCUT2D eigenvalue weighted by atomic mass is 16.2. The zero-order valence-corrected chi connectivity index (χ0v) is 11.6. The van der Waals surface area contributed by atoms with Crippen LogP contribution in [0.4, 0.5) is 5.69 Å². The van der Waals surface area contributed by atoms with Crippen molar-refractivity contribution in [2.24, 2.45) is 29.6 Å². The molecule has 1 amide bonds. The van der Waals surface area contributed by atoms with Crippen LogP contribution in [0.15, 0.2) is 24.3 Å². The van der Waals surface area contributed by atoms with Crippen LogP contribution in [0.5, 0.6) is 0 Å². The number of anilines is 1. The van der Waals surface area contributed by atoms with Crippen molar-refractivity contribution in [2.75, 3.05) is 5.32 Å². The molecule has 1 N–H and O–H groups in total. The van der Waals surface area contributed by atoms with E-state index in [2.05, 4.69) is 5.32 Å². The number of rotatable bonds is 3. The Hall–Kier alpha value is -1.64. The van der Waals surface area contributed by atoms with Crippen LogP contribution < -0.4 is 5.32 Å². The summed E-state index contributed by atoms with van der Waals surface area (Å²) in [6.07, 6.45) is 4.02. The van der Waals surface area contributed by atoms with E-state index in [-0.39, 0.29) is 17.6 Å². The van der Waals surface area contributed by atoms with Gasteiger partial charge in [0, 0.05) is 17.2 Å². The molecule has 0 radical (unpaired) electrons. The van der Waals surface area contributed by atoms with E-state index in [1.807, 2.05) is 12.1 Å². The molecule has 3 saturated carbocycles. The molecule has 0 saturated heterocycles. The monoisotopic (exact) mass is 269 g/mol. The van der Waals surface area contributed by atoms with E-state index in [0.717, 1.165) is 17.5 Å². The Bertz CT molecular complexity index is 578. The van der Waals surface area contributed by atoms with Gasteiger partial charge in [-0.3, -0.25) is 9.59 Å². The van der Waals surface area contributed by atoms with Crippen molar-refractivity contribution in [1.29, 1.82) is 0 Å². The summed E-state index contributed by atoms with van der Waals surface area (Å²) in [5, 5.41) is 3.01. The summed E-state index contributed by atoms with van der Waals surface area (Å²) in [4.78, 5) is 23.8. The summed E-state index contributed by atoms with van der Waals surface area (Å²) in [6, 6.07) is 7.23. The SMILES string of the molecule is CC(=O)c1cccc(NC(=O)C2[C@H]3[C@@H]4CC[C@@H](C4)[C@H]23)c1. The highest BCUT2D eigenvalue weighted by Gasteiger charge is 2.67. The molecule has 3 heteroatoms. The summed E-state index contributed by atoms with van der Waals surface area (Å²) in [5.41, 5.74) is 1.40. The van der Waals surface area contributed by atoms with Crippen LogP contribution in [0.2, 0.25) is 0 Å². The minimum Gasteiger partial charge on any atom is -0.326 e. The minimum atomic E-state index is 0.0300. The van der Waals surface area contributed by atoms with Gasteiger partial charge in [-0.25, -0.2) is 0 Å². The maximum Gasteiger partial charge on any atom is 0.228 e. The Morgan fingerprint density at radius 1 is 1.15 bits per heavy atom. The quantitative estimate of drug-likeness (QED) is 0.857. The smallest absolute Gasteiger partial charge is 0.228 e. The first-order valence-corrected chi connectivity index (χ1v) is 7.57. The first-order valence-electron chi connectivity index (χ1n) is 7.57. The van der Waals surface area contributed by atoms with Gasteiger partial charge >= 0.3 is 0 Å². The number of hydrogen-bond donors (Lipinski definition) is 1. The average Bonchev–Trinajstić information content (AvgIpc) is 2.88. The Morgan fingerprint density at radius 2 is 1.85 bits per heavy atom. The summed E-state index contributed by atoms with van der Waals surface area (Å²) in [6.45, 7) is 1.55. The third-order valence-corrected chi connectivity index (χ3v) is 5.57. The topological polar surface area (TPSA) is 46.2 Å². The van der Waals surface area contributed by atoms with Gasteiger partial charge in [0.25, 0.3) is 0 Å². The number of hydrogen-bond acceptors (Lipinski definition) is 2. The molecule has 3 nitrogen and oxygen atoms in total. The lowest BCUT2D eigenvalue weighted by molar-refractivity contribution is -0.118. The van der Waals surface area contributed by atoms with E-state index in [4.69, 9.17) is 0 Å². The van der Waals surface area contributed by atoms with Crippen molar-refractivity contribution in [3.63, 3.8) is 0 Å². The molecule has 5 atom stereocenters. The van der Waals surface area contributed by atoms with Crippen molar-refractivity contribution in [3.05, 3.63) is 29.8 Å². The van der Waals surface area contributed by atoms with Crippen molar-refractivity contribution >= 4 is 17.4 Å². The van der Waals surface area contributed by atoms with Crippen LogP contribution in [0.1, 0.15) is 36.5 Å².